The maximum Gasteiger partial charge on any atom is 0.324 e. The highest BCUT2D eigenvalue weighted by Gasteiger charge is 2.17. The smallest absolute Gasteiger partial charge is 0.324 e. The van der Waals surface area contributed by atoms with E-state index in [2.05, 4.69) is 15.0 Å². The van der Waals surface area contributed by atoms with Gasteiger partial charge in [-0.05, 0) is 13.0 Å². The second kappa shape index (κ2) is 6.15. The quantitative estimate of drug-likeness (QED) is 0.821. The second-order valence-corrected chi connectivity index (χ2v) is 5.45. The number of rotatable bonds is 4. The number of pyridine rings is 1. The number of nitrogens with two attached hydrogens (primary N) is 1. The molecule has 1 unspecified atom stereocenters. The van der Waals surface area contributed by atoms with Crippen molar-refractivity contribution in [3.8, 4) is 0 Å². The van der Waals surface area contributed by atoms with E-state index < -0.39 is 23.7 Å². The number of hydrogen-bond acceptors (Lipinski definition) is 6. The number of halogens is 1. The number of amides is 1. The maximum absolute atomic E-state index is 13.4. The van der Waals surface area contributed by atoms with Crippen LogP contribution in [0.4, 0.5) is 4.39 Å². The maximum atomic E-state index is 13.4. The predicted molar refractivity (Wildman–Crippen MR) is 76.6 cm³/mol. The molecule has 2 heterocycles. The molecule has 1 atom stereocenters. The summed E-state index contributed by atoms with van der Waals surface area (Å²) in [5, 5.41) is 2.53. The Kier molecular flexibility index (Phi) is 4.49. The highest BCUT2D eigenvalue weighted by atomic mass is 32.1. The van der Waals surface area contributed by atoms with Crippen molar-refractivity contribution in [2.45, 2.75) is 13.0 Å². The molecule has 0 aliphatic rings. The fourth-order valence-electron chi connectivity index (χ4n) is 1.71. The summed E-state index contributed by atoms with van der Waals surface area (Å²) in [6.45, 7) is 1.59. The number of ether oxygens (including phenoxy) is 1. The molecular weight excluding hydrogens is 297 g/mol. The van der Waals surface area contributed by atoms with E-state index >= 15 is 0 Å². The third kappa shape index (κ3) is 3.17. The van der Waals surface area contributed by atoms with Gasteiger partial charge in [-0.1, -0.05) is 0 Å². The van der Waals surface area contributed by atoms with Crippen molar-refractivity contribution in [1.82, 2.24) is 10.3 Å². The molecule has 6 nitrogen and oxygen atoms in total. The highest BCUT2D eigenvalue weighted by molar-refractivity contribution is 7.21. The number of nitrogens with one attached hydrogen (secondary N) is 1. The number of esters is 1. The van der Waals surface area contributed by atoms with Crippen LogP contribution in [0, 0.1) is 12.7 Å². The SMILES string of the molecule is COC(=O)C(N)CNC(=O)c1cc2ncc(F)c(C)c2s1. The molecule has 21 heavy (non-hydrogen) atoms. The molecule has 0 spiro atoms. The van der Waals surface area contributed by atoms with Crippen LogP contribution < -0.4 is 11.1 Å². The molecule has 2 aromatic heterocycles. The zero-order valence-corrected chi connectivity index (χ0v) is 12.3. The Morgan fingerprint density at radius 3 is 2.95 bits per heavy atom. The first-order valence-electron chi connectivity index (χ1n) is 6.10. The Balaban J connectivity index is 2.13. The molecule has 2 aromatic rings. The molecule has 112 valence electrons. The van der Waals surface area contributed by atoms with Gasteiger partial charge in [0.1, 0.15) is 11.9 Å². The largest absolute Gasteiger partial charge is 0.468 e. The third-order valence-electron chi connectivity index (χ3n) is 2.94. The molecule has 0 radical (unpaired) electrons. The van der Waals surface area contributed by atoms with Crippen LogP contribution >= 0.6 is 11.3 Å². The predicted octanol–water partition coefficient (Wildman–Crippen LogP) is 0.974. The summed E-state index contributed by atoms with van der Waals surface area (Å²) >= 11 is 1.14. The van der Waals surface area contributed by atoms with Gasteiger partial charge in [0.05, 0.1) is 28.4 Å². The topological polar surface area (TPSA) is 94.3 Å². The number of nitrogens with zero attached hydrogens (tertiary/aromatic N) is 1. The van der Waals surface area contributed by atoms with Gasteiger partial charge in [0.2, 0.25) is 0 Å². The van der Waals surface area contributed by atoms with Gasteiger partial charge in [-0.25, -0.2) is 4.39 Å². The summed E-state index contributed by atoms with van der Waals surface area (Å²) < 4.78 is 18.5. The average molecular weight is 311 g/mol. The van der Waals surface area contributed by atoms with E-state index in [4.69, 9.17) is 5.73 Å². The van der Waals surface area contributed by atoms with Crippen LogP contribution in [0.5, 0.6) is 0 Å². The minimum Gasteiger partial charge on any atom is -0.468 e. The van der Waals surface area contributed by atoms with Crippen molar-refractivity contribution >= 4 is 33.4 Å². The Labute approximate surface area is 124 Å². The lowest BCUT2D eigenvalue weighted by atomic mass is 10.2. The number of hydrogen-bond donors (Lipinski definition) is 2. The average Bonchev–Trinajstić information content (AvgIpc) is 2.92. The molecule has 8 heteroatoms. The zero-order valence-electron chi connectivity index (χ0n) is 11.5. The number of carbonyl (C=O) groups excluding carboxylic acids is 2. The second-order valence-electron chi connectivity index (χ2n) is 4.40. The lowest BCUT2D eigenvalue weighted by Crippen LogP contribution is -2.42. The Morgan fingerprint density at radius 2 is 2.29 bits per heavy atom. The molecule has 0 saturated carbocycles. The Bertz CT molecular complexity index is 701. The summed E-state index contributed by atoms with van der Waals surface area (Å²) in [7, 11) is 1.22. The van der Waals surface area contributed by atoms with E-state index in [1.165, 1.54) is 7.11 Å². The van der Waals surface area contributed by atoms with Crippen molar-refractivity contribution in [1.29, 1.82) is 0 Å². The first-order valence-corrected chi connectivity index (χ1v) is 6.92. The van der Waals surface area contributed by atoms with E-state index in [9.17, 15) is 14.0 Å². The van der Waals surface area contributed by atoms with E-state index in [0.717, 1.165) is 17.5 Å². The first-order chi connectivity index (χ1) is 9.93. The number of methoxy groups -OCH3 is 1. The van der Waals surface area contributed by atoms with E-state index in [0.29, 0.717) is 20.7 Å². The molecule has 1 amide bonds. The van der Waals surface area contributed by atoms with Crippen LogP contribution in [-0.2, 0) is 9.53 Å². The number of aryl methyl sites for hydroxylation is 1. The minimum absolute atomic E-state index is 0.0411. The van der Waals surface area contributed by atoms with Crippen LogP contribution in [0.15, 0.2) is 12.3 Å². The first kappa shape index (κ1) is 15.3. The summed E-state index contributed by atoms with van der Waals surface area (Å²) in [5.74, 6) is -1.41. The molecule has 2 rings (SSSR count). The summed E-state index contributed by atoms with van der Waals surface area (Å²) in [6.07, 6.45) is 1.12. The summed E-state index contributed by atoms with van der Waals surface area (Å²) in [4.78, 5) is 27.4. The monoisotopic (exact) mass is 311 g/mol. The normalized spacial score (nSPS) is 12.2. The molecular formula is C13H14FN3O3S. The van der Waals surface area contributed by atoms with Gasteiger partial charge in [-0.3, -0.25) is 14.6 Å². The van der Waals surface area contributed by atoms with Crippen LogP contribution in [0.25, 0.3) is 10.2 Å². The van der Waals surface area contributed by atoms with Crippen molar-refractivity contribution in [2.24, 2.45) is 5.73 Å². The fourth-order valence-corrected chi connectivity index (χ4v) is 2.74. The van der Waals surface area contributed by atoms with Gasteiger partial charge in [-0.15, -0.1) is 11.3 Å². The minimum atomic E-state index is -0.925. The molecule has 0 aliphatic carbocycles. The summed E-state index contributed by atoms with van der Waals surface area (Å²) in [6, 6.07) is 0.650. The van der Waals surface area contributed by atoms with E-state index in [1.54, 1.807) is 13.0 Å². The molecule has 0 fully saturated rings. The number of carbonyl (C=O) groups is 2. The molecule has 0 aliphatic heterocycles. The lowest BCUT2D eigenvalue weighted by molar-refractivity contribution is -0.141. The molecule has 0 saturated heterocycles. The van der Waals surface area contributed by atoms with Crippen LogP contribution in [0.3, 0.4) is 0 Å². The van der Waals surface area contributed by atoms with Gasteiger partial charge >= 0.3 is 5.97 Å². The van der Waals surface area contributed by atoms with Crippen LogP contribution in [0.1, 0.15) is 15.2 Å². The van der Waals surface area contributed by atoms with Crippen molar-refractivity contribution in [3.05, 3.63) is 28.5 Å². The van der Waals surface area contributed by atoms with Gasteiger partial charge in [0.25, 0.3) is 5.91 Å². The van der Waals surface area contributed by atoms with Crippen LogP contribution in [-0.4, -0.2) is 36.6 Å². The van der Waals surface area contributed by atoms with Crippen molar-refractivity contribution in [3.63, 3.8) is 0 Å². The van der Waals surface area contributed by atoms with Gasteiger partial charge in [0.15, 0.2) is 0 Å². The fraction of sp³-hybridized carbons (Fsp3) is 0.308. The standard InChI is InChI=1S/C13H14FN3O3S/c1-6-7(14)4-16-9-3-10(21-11(6)9)12(18)17-5-8(15)13(19)20-2/h3-4,8H,5,15H2,1-2H3,(H,17,18). The number of fused-ring (bicyclic) bond motifs is 1. The van der Waals surface area contributed by atoms with E-state index in [-0.39, 0.29) is 6.54 Å². The lowest BCUT2D eigenvalue weighted by Gasteiger charge is -2.09. The molecule has 3 N–H and O–H groups in total. The highest BCUT2D eigenvalue weighted by Crippen LogP contribution is 2.28. The van der Waals surface area contributed by atoms with Crippen molar-refractivity contribution in [2.75, 3.05) is 13.7 Å². The van der Waals surface area contributed by atoms with Gasteiger partial charge in [-0.2, -0.15) is 0 Å². The van der Waals surface area contributed by atoms with E-state index in [1.807, 2.05) is 0 Å². The van der Waals surface area contributed by atoms with Crippen molar-refractivity contribution < 1.29 is 18.7 Å². The third-order valence-corrected chi connectivity index (χ3v) is 4.18. The molecule has 0 aromatic carbocycles. The summed E-state index contributed by atoms with van der Waals surface area (Å²) in [5.41, 5.74) is 6.54. The van der Waals surface area contributed by atoms with Gasteiger partial charge < -0.3 is 15.8 Å². The Hall–Kier alpha value is -2.06. The van der Waals surface area contributed by atoms with Gasteiger partial charge in [0, 0.05) is 12.1 Å². The zero-order chi connectivity index (χ0) is 15.6. The number of aromatic nitrogens is 1. The Morgan fingerprint density at radius 1 is 1.57 bits per heavy atom. The number of thiophene rings is 1. The molecule has 0 bridgehead atoms. The van der Waals surface area contributed by atoms with Crippen LogP contribution in [0.2, 0.25) is 0 Å².